The molecule has 1 heterocycles. The molecule has 4 heteroatoms. The largest absolute Gasteiger partial charge is 0.493 e. The minimum absolute atomic E-state index is 0.0336. The second-order valence-corrected chi connectivity index (χ2v) is 5.76. The van der Waals surface area contributed by atoms with Gasteiger partial charge in [-0.05, 0) is 19.3 Å². The molecule has 0 saturated carbocycles. The highest BCUT2D eigenvalue weighted by Crippen LogP contribution is 2.27. The van der Waals surface area contributed by atoms with Crippen LogP contribution in [0.2, 0.25) is 0 Å². The maximum Gasteiger partial charge on any atom is 0.185 e. The Morgan fingerprint density at radius 2 is 2.06 bits per heavy atom. The molecule has 1 aromatic heterocycles. The second-order valence-electron chi connectivity index (χ2n) is 5.76. The third-order valence-electron chi connectivity index (χ3n) is 2.43. The number of hydrogen-bond acceptors (Lipinski definition) is 3. The molecule has 0 bridgehead atoms. The Kier molecular flexibility index (Phi) is 3.96. The molecule has 17 heavy (non-hydrogen) atoms. The number of nitrogens with zero attached hydrogens (tertiary/aromatic N) is 2. The van der Waals surface area contributed by atoms with E-state index in [1.54, 1.807) is 18.0 Å². The van der Waals surface area contributed by atoms with E-state index in [1.807, 2.05) is 34.6 Å². The Hall–Kier alpha value is -1.32. The normalized spacial score (nSPS) is 11.9. The molecular weight excluding hydrogens is 216 g/mol. The van der Waals surface area contributed by atoms with Crippen LogP contribution in [0.3, 0.4) is 0 Å². The van der Waals surface area contributed by atoms with Gasteiger partial charge in [0.15, 0.2) is 11.5 Å². The van der Waals surface area contributed by atoms with Crippen molar-refractivity contribution in [2.45, 2.75) is 47.1 Å². The van der Waals surface area contributed by atoms with Gasteiger partial charge < -0.3 is 4.74 Å². The van der Waals surface area contributed by atoms with Crippen LogP contribution >= 0.6 is 0 Å². The number of Topliss-reactive ketones (excluding diaryl/α,β-unsaturated/α-hetero) is 1. The van der Waals surface area contributed by atoms with Gasteiger partial charge >= 0.3 is 0 Å². The molecule has 1 aromatic rings. The first-order chi connectivity index (χ1) is 7.76. The smallest absolute Gasteiger partial charge is 0.185 e. The van der Waals surface area contributed by atoms with Gasteiger partial charge in [-0.25, -0.2) is 0 Å². The summed E-state index contributed by atoms with van der Waals surface area (Å²) in [6.07, 6.45) is 2.09. The van der Waals surface area contributed by atoms with E-state index in [2.05, 4.69) is 5.10 Å². The van der Waals surface area contributed by atoms with Crippen molar-refractivity contribution >= 4 is 5.78 Å². The molecule has 0 atom stereocenters. The van der Waals surface area contributed by atoms with E-state index in [0.717, 1.165) is 0 Å². The summed E-state index contributed by atoms with van der Waals surface area (Å²) in [4.78, 5) is 12.3. The SMILES string of the molecule is COc1cnn(C(C)C)c1C(=O)CC(C)(C)C. The third kappa shape index (κ3) is 3.32. The van der Waals surface area contributed by atoms with Gasteiger partial charge in [0.1, 0.15) is 5.69 Å². The van der Waals surface area contributed by atoms with E-state index < -0.39 is 0 Å². The molecule has 4 nitrogen and oxygen atoms in total. The van der Waals surface area contributed by atoms with Crippen LogP contribution in [0.15, 0.2) is 6.20 Å². The van der Waals surface area contributed by atoms with Gasteiger partial charge in [0, 0.05) is 12.5 Å². The minimum atomic E-state index is -0.0336. The summed E-state index contributed by atoms with van der Waals surface area (Å²) in [5, 5.41) is 4.21. The van der Waals surface area contributed by atoms with E-state index in [9.17, 15) is 4.79 Å². The van der Waals surface area contributed by atoms with Crippen LogP contribution in [-0.2, 0) is 0 Å². The lowest BCUT2D eigenvalue weighted by Crippen LogP contribution is -2.18. The van der Waals surface area contributed by atoms with E-state index in [1.165, 1.54) is 0 Å². The summed E-state index contributed by atoms with van der Waals surface area (Å²) in [6, 6.07) is 0.151. The standard InChI is InChI=1S/C13H22N2O2/c1-9(2)15-12(11(17-6)8-14-15)10(16)7-13(3,4)5/h8-9H,7H2,1-6H3. The molecule has 0 radical (unpaired) electrons. The number of ether oxygens (including phenoxy) is 1. The summed E-state index contributed by atoms with van der Waals surface area (Å²) >= 11 is 0. The molecule has 96 valence electrons. The van der Waals surface area contributed by atoms with E-state index in [4.69, 9.17) is 4.74 Å². The number of ketones is 1. The molecule has 0 aliphatic carbocycles. The highest BCUT2D eigenvalue weighted by molar-refractivity contribution is 5.97. The van der Waals surface area contributed by atoms with Crippen molar-refractivity contribution in [2.75, 3.05) is 7.11 Å². The lowest BCUT2D eigenvalue weighted by atomic mass is 9.89. The number of aromatic nitrogens is 2. The molecule has 0 spiro atoms. The minimum Gasteiger partial charge on any atom is -0.493 e. The second kappa shape index (κ2) is 4.90. The molecule has 0 aliphatic heterocycles. The highest BCUT2D eigenvalue weighted by atomic mass is 16.5. The summed E-state index contributed by atoms with van der Waals surface area (Å²) < 4.78 is 6.94. The predicted octanol–water partition coefficient (Wildman–Crippen LogP) is 3.09. The van der Waals surface area contributed by atoms with Gasteiger partial charge in [0.2, 0.25) is 0 Å². The summed E-state index contributed by atoms with van der Waals surface area (Å²) in [5.41, 5.74) is 0.547. The zero-order valence-corrected chi connectivity index (χ0v) is 11.6. The number of carbonyl (C=O) groups excluding carboxylic acids is 1. The Morgan fingerprint density at radius 1 is 1.47 bits per heavy atom. The van der Waals surface area contributed by atoms with Gasteiger partial charge in [0.05, 0.1) is 13.3 Å². The van der Waals surface area contributed by atoms with Gasteiger partial charge in [-0.15, -0.1) is 0 Å². The quantitative estimate of drug-likeness (QED) is 0.757. The van der Waals surface area contributed by atoms with Crippen LogP contribution in [0.25, 0.3) is 0 Å². The average Bonchev–Trinajstić information content (AvgIpc) is 2.57. The molecule has 0 aromatic carbocycles. The van der Waals surface area contributed by atoms with Crippen molar-refractivity contribution in [3.05, 3.63) is 11.9 Å². The Balaban J connectivity index is 3.10. The number of methoxy groups -OCH3 is 1. The van der Waals surface area contributed by atoms with Crippen LogP contribution in [0.1, 0.15) is 57.6 Å². The van der Waals surface area contributed by atoms with E-state index in [0.29, 0.717) is 17.9 Å². The van der Waals surface area contributed by atoms with Gasteiger partial charge in [0.25, 0.3) is 0 Å². The van der Waals surface area contributed by atoms with Crippen molar-refractivity contribution in [3.63, 3.8) is 0 Å². The fraction of sp³-hybridized carbons (Fsp3) is 0.692. The van der Waals surface area contributed by atoms with Crippen LogP contribution in [0, 0.1) is 5.41 Å². The Labute approximate surface area is 103 Å². The summed E-state index contributed by atoms with van der Waals surface area (Å²) in [5.74, 6) is 0.647. The first kappa shape index (κ1) is 13.7. The van der Waals surface area contributed by atoms with Crippen molar-refractivity contribution in [3.8, 4) is 5.75 Å². The average molecular weight is 238 g/mol. The van der Waals surface area contributed by atoms with Crippen molar-refractivity contribution in [2.24, 2.45) is 5.41 Å². The van der Waals surface area contributed by atoms with Crippen molar-refractivity contribution < 1.29 is 9.53 Å². The lowest BCUT2D eigenvalue weighted by Gasteiger charge is -2.18. The fourth-order valence-electron chi connectivity index (χ4n) is 1.72. The van der Waals surface area contributed by atoms with Crippen LogP contribution in [-0.4, -0.2) is 22.7 Å². The molecule has 0 N–H and O–H groups in total. The molecule has 1 rings (SSSR count). The van der Waals surface area contributed by atoms with Gasteiger partial charge in [-0.3, -0.25) is 9.48 Å². The number of rotatable bonds is 4. The highest BCUT2D eigenvalue weighted by Gasteiger charge is 2.25. The predicted molar refractivity (Wildman–Crippen MR) is 67.6 cm³/mol. The number of carbonyl (C=O) groups is 1. The topological polar surface area (TPSA) is 44.1 Å². The molecule has 0 saturated heterocycles. The van der Waals surface area contributed by atoms with Crippen LogP contribution in [0.5, 0.6) is 5.75 Å². The Morgan fingerprint density at radius 3 is 2.47 bits per heavy atom. The first-order valence-electron chi connectivity index (χ1n) is 5.91. The first-order valence-corrected chi connectivity index (χ1v) is 5.91. The molecule has 0 fully saturated rings. The van der Waals surface area contributed by atoms with Crippen molar-refractivity contribution in [1.82, 2.24) is 9.78 Å². The zero-order chi connectivity index (χ0) is 13.2. The molecule has 0 amide bonds. The van der Waals surface area contributed by atoms with Crippen molar-refractivity contribution in [1.29, 1.82) is 0 Å². The molecule has 0 unspecified atom stereocenters. The van der Waals surface area contributed by atoms with Gasteiger partial charge in [-0.2, -0.15) is 5.10 Å². The maximum atomic E-state index is 12.3. The van der Waals surface area contributed by atoms with Crippen LogP contribution < -0.4 is 4.74 Å². The Bertz CT molecular complexity index is 400. The summed E-state index contributed by atoms with van der Waals surface area (Å²) in [6.45, 7) is 10.1. The fourth-order valence-corrected chi connectivity index (χ4v) is 1.72. The zero-order valence-electron chi connectivity index (χ0n) is 11.6. The van der Waals surface area contributed by atoms with E-state index in [-0.39, 0.29) is 17.2 Å². The van der Waals surface area contributed by atoms with Crippen LogP contribution in [0.4, 0.5) is 0 Å². The molecular formula is C13H22N2O2. The van der Waals surface area contributed by atoms with E-state index >= 15 is 0 Å². The molecule has 0 aliphatic rings. The van der Waals surface area contributed by atoms with Gasteiger partial charge in [-0.1, -0.05) is 20.8 Å². The third-order valence-corrected chi connectivity index (χ3v) is 2.43. The number of hydrogen-bond donors (Lipinski definition) is 0. The lowest BCUT2D eigenvalue weighted by molar-refractivity contribution is 0.0924. The monoisotopic (exact) mass is 238 g/mol. The summed E-state index contributed by atoms with van der Waals surface area (Å²) in [7, 11) is 1.57. The maximum absolute atomic E-state index is 12.3.